The zero-order valence-corrected chi connectivity index (χ0v) is 19.1. The van der Waals surface area contributed by atoms with Crippen molar-refractivity contribution in [1.29, 1.82) is 0 Å². The fourth-order valence-corrected chi connectivity index (χ4v) is 4.41. The van der Waals surface area contributed by atoms with E-state index in [2.05, 4.69) is 31.7 Å². The van der Waals surface area contributed by atoms with E-state index in [4.69, 9.17) is 11.6 Å². The molecule has 1 aliphatic rings. The molecule has 5 rings (SSSR count). The molecule has 1 amide bonds. The molecule has 1 aliphatic heterocycles. The number of carbonyl (C=O) groups excluding carboxylic acids is 1. The number of benzene rings is 2. The maximum atomic E-state index is 13.1. The Morgan fingerprint density at radius 3 is 2.58 bits per heavy atom. The van der Waals surface area contributed by atoms with E-state index in [0.717, 1.165) is 48.4 Å². The first-order valence-electron chi connectivity index (χ1n) is 11.0. The van der Waals surface area contributed by atoms with Gasteiger partial charge in [-0.05, 0) is 49.7 Å². The van der Waals surface area contributed by atoms with Crippen LogP contribution in [0.5, 0.6) is 0 Å². The summed E-state index contributed by atoms with van der Waals surface area (Å²) in [7, 11) is 2.01. The lowest BCUT2D eigenvalue weighted by Crippen LogP contribution is -2.41. The molecule has 0 aliphatic carbocycles. The quantitative estimate of drug-likeness (QED) is 0.459. The third kappa shape index (κ3) is 4.42. The molecule has 3 heterocycles. The van der Waals surface area contributed by atoms with Gasteiger partial charge in [0.05, 0.1) is 23.1 Å². The van der Waals surface area contributed by atoms with Crippen molar-refractivity contribution in [3.05, 3.63) is 77.7 Å². The minimum Gasteiger partial charge on any atom is -0.370 e. The molecule has 1 saturated heterocycles. The number of nitrogens with one attached hydrogen (secondary N) is 2. The summed E-state index contributed by atoms with van der Waals surface area (Å²) in [6.07, 6.45) is 7.20. The molecule has 0 atom stereocenters. The summed E-state index contributed by atoms with van der Waals surface area (Å²) < 4.78 is 1.63. The van der Waals surface area contributed by atoms with E-state index >= 15 is 0 Å². The van der Waals surface area contributed by atoms with Crippen LogP contribution in [-0.2, 0) is 0 Å². The molecule has 168 valence electrons. The predicted molar refractivity (Wildman–Crippen MR) is 132 cm³/mol. The molecule has 4 aromatic rings. The van der Waals surface area contributed by atoms with Gasteiger partial charge in [-0.3, -0.25) is 4.79 Å². The Hall–Kier alpha value is -3.42. The van der Waals surface area contributed by atoms with Crippen molar-refractivity contribution in [3.8, 4) is 11.1 Å². The molecular weight excluding hydrogens is 436 g/mol. The van der Waals surface area contributed by atoms with Crippen LogP contribution in [0.2, 0.25) is 5.02 Å². The third-order valence-electron chi connectivity index (χ3n) is 6.17. The minimum absolute atomic E-state index is 0.217. The number of carbonyl (C=O) groups is 1. The molecule has 2 aromatic carbocycles. The zero-order chi connectivity index (χ0) is 22.8. The molecule has 0 bridgehead atoms. The zero-order valence-electron chi connectivity index (χ0n) is 18.3. The fourth-order valence-electron chi connectivity index (χ4n) is 4.28. The molecule has 0 spiro atoms. The summed E-state index contributed by atoms with van der Waals surface area (Å²) in [6, 6.07) is 16.0. The van der Waals surface area contributed by atoms with Gasteiger partial charge in [-0.2, -0.15) is 5.10 Å². The average Bonchev–Trinajstić information content (AvgIpc) is 3.28. The molecule has 8 heteroatoms. The summed E-state index contributed by atoms with van der Waals surface area (Å²) in [5.74, 6) is -0.217. The largest absolute Gasteiger partial charge is 0.370 e. The van der Waals surface area contributed by atoms with E-state index in [-0.39, 0.29) is 5.91 Å². The molecule has 2 aromatic heterocycles. The number of anilines is 2. The first-order valence-corrected chi connectivity index (χ1v) is 11.4. The number of fused-ring (bicyclic) bond motifs is 1. The van der Waals surface area contributed by atoms with E-state index in [9.17, 15) is 4.79 Å². The van der Waals surface area contributed by atoms with Gasteiger partial charge in [-0.25, -0.2) is 9.50 Å². The van der Waals surface area contributed by atoms with Crippen molar-refractivity contribution in [3.63, 3.8) is 0 Å². The van der Waals surface area contributed by atoms with Crippen LogP contribution >= 0.6 is 11.6 Å². The monoisotopic (exact) mass is 460 g/mol. The van der Waals surface area contributed by atoms with Gasteiger partial charge in [-0.1, -0.05) is 35.9 Å². The third-order valence-corrected chi connectivity index (χ3v) is 6.42. The van der Waals surface area contributed by atoms with Crippen molar-refractivity contribution in [2.75, 3.05) is 30.4 Å². The van der Waals surface area contributed by atoms with Gasteiger partial charge in [0.1, 0.15) is 0 Å². The van der Waals surface area contributed by atoms with Gasteiger partial charge >= 0.3 is 0 Å². The van der Waals surface area contributed by atoms with Crippen LogP contribution in [-0.4, -0.2) is 46.7 Å². The van der Waals surface area contributed by atoms with E-state index in [1.54, 1.807) is 23.1 Å². The number of rotatable bonds is 5. The number of amides is 1. The number of aromatic nitrogens is 3. The van der Waals surface area contributed by atoms with Crippen molar-refractivity contribution in [2.24, 2.45) is 0 Å². The van der Waals surface area contributed by atoms with Gasteiger partial charge in [0.25, 0.3) is 5.91 Å². The number of piperidine rings is 1. The second kappa shape index (κ2) is 9.21. The lowest BCUT2D eigenvalue weighted by atomic mass is 10.0. The van der Waals surface area contributed by atoms with Crippen molar-refractivity contribution < 1.29 is 4.79 Å². The topological polar surface area (TPSA) is 74.6 Å². The smallest absolute Gasteiger partial charge is 0.258 e. The van der Waals surface area contributed by atoms with Crippen LogP contribution in [0.4, 0.5) is 11.4 Å². The Morgan fingerprint density at radius 2 is 1.82 bits per heavy atom. The molecule has 0 unspecified atom stereocenters. The van der Waals surface area contributed by atoms with Crippen LogP contribution in [0.15, 0.2) is 67.1 Å². The number of hydrogen-bond acceptors (Lipinski definition) is 5. The van der Waals surface area contributed by atoms with E-state index < -0.39 is 0 Å². The number of hydrogen-bond donors (Lipinski definition) is 2. The molecule has 0 radical (unpaired) electrons. The lowest BCUT2D eigenvalue weighted by Gasteiger charge is -2.34. The molecule has 33 heavy (non-hydrogen) atoms. The highest BCUT2D eigenvalue weighted by Gasteiger charge is 2.21. The Bertz CT molecular complexity index is 1280. The van der Waals surface area contributed by atoms with Gasteiger partial charge in [0.2, 0.25) is 0 Å². The minimum atomic E-state index is -0.217. The fraction of sp³-hybridized carbons (Fsp3) is 0.240. The van der Waals surface area contributed by atoms with Gasteiger partial charge in [-0.15, -0.1) is 0 Å². The van der Waals surface area contributed by atoms with Crippen LogP contribution in [0, 0.1) is 0 Å². The van der Waals surface area contributed by atoms with Crippen LogP contribution in [0.3, 0.4) is 0 Å². The second-order valence-electron chi connectivity index (χ2n) is 8.20. The van der Waals surface area contributed by atoms with E-state index in [1.165, 1.54) is 0 Å². The number of nitrogens with zero attached hydrogens (tertiary/aromatic N) is 4. The number of halogens is 1. The Morgan fingerprint density at radius 1 is 1.06 bits per heavy atom. The van der Waals surface area contributed by atoms with Gasteiger partial charge in [0.15, 0.2) is 5.65 Å². The second-order valence-corrected chi connectivity index (χ2v) is 8.63. The maximum Gasteiger partial charge on any atom is 0.258 e. The summed E-state index contributed by atoms with van der Waals surface area (Å²) >= 11 is 6.00. The number of para-hydroxylation sites is 2. The van der Waals surface area contributed by atoms with Crippen molar-refractivity contribution >= 4 is 34.5 Å². The first-order chi connectivity index (χ1) is 16.1. The summed E-state index contributed by atoms with van der Waals surface area (Å²) in [5, 5.41) is 11.5. The summed E-state index contributed by atoms with van der Waals surface area (Å²) in [5.41, 5.74) is 4.81. The van der Waals surface area contributed by atoms with Crippen LogP contribution in [0.25, 0.3) is 16.8 Å². The van der Waals surface area contributed by atoms with Crippen molar-refractivity contribution in [1.82, 2.24) is 19.9 Å². The Kier molecular flexibility index (Phi) is 5.98. The molecule has 7 nitrogen and oxygen atoms in total. The van der Waals surface area contributed by atoms with E-state index in [0.29, 0.717) is 22.3 Å². The molecule has 0 saturated carbocycles. The maximum absolute atomic E-state index is 13.1. The van der Waals surface area contributed by atoms with Crippen molar-refractivity contribution in [2.45, 2.75) is 18.9 Å². The Labute approximate surface area is 197 Å². The van der Waals surface area contributed by atoms with E-state index in [1.807, 2.05) is 49.5 Å². The van der Waals surface area contributed by atoms with Gasteiger partial charge < -0.3 is 15.5 Å². The highest BCUT2D eigenvalue weighted by atomic mass is 35.5. The highest BCUT2D eigenvalue weighted by Crippen LogP contribution is 2.29. The van der Waals surface area contributed by atoms with Crippen LogP contribution in [0.1, 0.15) is 23.2 Å². The highest BCUT2D eigenvalue weighted by molar-refractivity contribution is 6.30. The SMILES string of the molecule is CNC1CCN(c2ccccc2NC(=O)c2cnc3c(-c4ccc(Cl)cc4)cnn3c2)CC1. The predicted octanol–water partition coefficient (Wildman–Crippen LogP) is 4.49. The molecule has 1 fully saturated rings. The standard InChI is InChI=1S/C25H25ClN6O/c1-27-20-10-12-31(13-11-20)23-5-3-2-4-22(23)30-25(33)18-14-28-24-21(15-29-32(24)16-18)17-6-8-19(26)9-7-17/h2-9,14-16,20,27H,10-13H2,1H3,(H,30,33). The normalized spacial score (nSPS) is 14.5. The molecular formula is C25H25ClN6O. The van der Waals surface area contributed by atoms with Crippen LogP contribution < -0.4 is 15.5 Å². The Balaban J connectivity index is 1.36. The van der Waals surface area contributed by atoms with Gasteiger partial charge in [0, 0.05) is 42.1 Å². The lowest BCUT2D eigenvalue weighted by molar-refractivity contribution is 0.102. The summed E-state index contributed by atoms with van der Waals surface area (Å²) in [6.45, 7) is 1.90. The average molecular weight is 461 g/mol. The summed E-state index contributed by atoms with van der Waals surface area (Å²) in [4.78, 5) is 19.9. The molecule has 2 N–H and O–H groups in total. The first kappa shape index (κ1) is 21.4.